The monoisotopic (exact) mass is 373 g/mol. The molecule has 2 aliphatic heterocycles. The number of nitrogens with one attached hydrogen (secondary N) is 1. The van der Waals surface area contributed by atoms with Crippen LogP contribution in [0.1, 0.15) is 0 Å². The van der Waals surface area contributed by atoms with Crippen molar-refractivity contribution in [2.24, 2.45) is 0 Å². The molecule has 1 N–H and O–H groups in total. The van der Waals surface area contributed by atoms with Crippen molar-refractivity contribution in [1.82, 2.24) is 4.90 Å². The summed E-state index contributed by atoms with van der Waals surface area (Å²) in [5, 5.41) is 3.67. The number of hydrogen-bond acceptors (Lipinski definition) is 5. The Hall–Kier alpha value is -2.44. The number of halogens is 1. The third-order valence-electron chi connectivity index (χ3n) is 4.59. The van der Waals surface area contributed by atoms with Gasteiger partial charge in [0.05, 0.1) is 6.54 Å². The van der Waals surface area contributed by atoms with E-state index in [1.54, 1.807) is 6.07 Å². The van der Waals surface area contributed by atoms with Gasteiger partial charge in [-0.05, 0) is 36.4 Å². The molecule has 0 aliphatic carbocycles. The minimum absolute atomic E-state index is 0.0243. The summed E-state index contributed by atoms with van der Waals surface area (Å²) >= 11 is 5.94. The fourth-order valence-electron chi connectivity index (χ4n) is 3.19. The highest BCUT2D eigenvalue weighted by Crippen LogP contribution is 2.34. The number of nitrogens with zero attached hydrogens (tertiary/aromatic N) is 2. The van der Waals surface area contributed by atoms with E-state index in [-0.39, 0.29) is 12.7 Å². The Morgan fingerprint density at radius 1 is 1.00 bits per heavy atom. The highest BCUT2D eigenvalue weighted by Gasteiger charge is 2.20. The summed E-state index contributed by atoms with van der Waals surface area (Å²) in [7, 11) is 0. The van der Waals surface area contributed by atoms with Gasteiger partial charge in [-0.15, -0.1) is 0 Å². The van der Waals surface area contributed by atoms with E-state index >= 15 is 0 Å². The number of fused-ring (bicyclic) bond motifs is 1. The lowest BCUT2D eigenvalue weighted by Gasteiger charge is -2.35. The maximum Gasteiger partial charge on any atom is 0.238 e. The molecule has 1 fully saturated rings. The molecule has 2 aliphatic rings. The average molecular weight is 374 g/mol. The molecule has 136 valence electrons. The molecule has 2 aromatic rings. The van der Waals surface area contributed by atoms with E-state index in [4.69, 9.17) is 21.1 Å². The van der Waals surface area contributed by atoms with Crippen molar-refractivity contribution in [3.05, 3.63) is 47.5 Å². The molecule has 2 heterocycles. The first-order valence-corrected chi connectivity index (χ1v) is 8.97. The third-order valence-corrected chi connectivity index (χ3v) is 4.84. The zero-order chi connectivity index (χ0) is 17.9. The zero-order valence-electron chi connectivity index (χ0n) is 14.3. The summed E-state index contributed by atoms with van der Waals surface area (Å²) in [5.74, 6) is 1.35. The first-order chi connectivity index (χ1) is 12.7. The van der Waals surface area contributed by atoms with Gasteiger partial charge in [-0.25, -0.2) is 0 Å². The molecule has 0 radical (unpaired) electrons. The van der Waals surface area contributed by atoms with E-state index in [1.807, 2.05) is 36.4 Å². The summed E-state index contributed by atoms with van der Waals surface area (Å²) in [6.45, 7) is 4.07. The fourth-order valence-corrected chi connectivity index (χ4v) is 3.32. The van der Waals surface area contributed by atoms with Crippen LogP contribution in [0.5, 0.6) is 11.5 Å². The van der Waals surface area contributed by atoms with Gasteiger partial charge in [-0.2, -0.15) is 0 Å². The van der Waals surface area contributed by atoms with Crippen LogP contribution in [0, 0.1) is 0 Å². The number of ether oxygens (including phenoxy) is 2. The van der Waals surface area contributed by atoms with Crippen LogP contribution in [0.3, 0.4) is 0 Å². The molecule has 4 rings (SSSR count). The van der Waals surface area contributed by atoms with Crippen molar-refractivity contribution < 1.29 is 14.3 Å². The number of carbonyl (C=O) groups excluding carboxylic acids is 1. The standard InChI is InChI=1S/C19H20ClN3O3/c20-14-1-4-16(5-2-14)23-9-7-22(8-10-23)12-19(24)21-15-3-6-17-18(11-15)26-13-25-17/h1-6,11H,7-10,12-13H2,(H,21,24). The SMILES string of the molecule is O=C(CN1CCN(c2ccc(Cl)cc2)CC1)Nc1ccc2c(c1)OCO2. The van der Waals surface area contributed by atoms with Crippen LogP contribution in [0.2, 0.25) is 5.02 Å². The lowest BCUT2D eigenvalue weighted by Crippen LogP contribution is -2.48. The Labute approximate surface area is 157 Å². The summed E-state index contributed by atoms with van der Waals surface area (Å²) in [5.41, 5.74) is 1.89. The maximum atomic E-state index is 12.3. The number of amides is 1. The highest BCUT2D eigenvalue weighted by molar-refractivity contribution is 6.30. The Morgan fingerprint density at radius 2 is 1.73 bits per heavy atom. The molecular formula is C19H20ClN3O3. The molecule has 0 saturated carbocycles. The number of anilines is 2. The minimum atomic E-state index is -0.0243. The number of rotatable bonds is 4. The molecule has 0 atom stereocenters. The Bertz CT molecular complexity index is 789. The Kier molecular flexibility index (Phi) is 4.86. The predicted octanol–water partition coefficient (Wildman–Crippen LogP) is 2.83. The van der Waals surface area contributed by atoms with E-state index in [9.17, 15) is 4.79 Å². The minimum Gasteiger partial charge on any atom is -0.454 e. The van der Waals surface area contributed by atoms with Crippen molar-refractivity contribution in [2.75, 3.05) is 49.7 Å². The zero-order valence-corrected chi connectivity index (χ0v) is 15.0. The molecule has 2 aromatic carbocycles. The summed E-state index contributed by atoms with van der Waals surface area (Å²) in [6, 6.07) is 13.3. The van der Waals surface area contributed by atoms with Crippen LogP contribution in [0.4, 0.5) is 11.4 Å². The van der Waals surface area contributed by atoms with Gasteiger partial charge in [-0.1, -0.05) is 11.6 Å². The molecule has 7 heteroatoms. The Balaban J connectivity index is 1.27. The molecule has 6 nitrogen and oxygen atoms in total. The van der Waals surface area contributed by atoms with E-state index in [0.29, 0.717) is 18.0 Å². The van der Waals surface area contributed by atoms with Gasteiger partial charge in [0.2, 0.25) is 12.7 Å². The first-order valence-electron chi connectivity index (χ1n) is 8.60. The lowest BCUT2D eigenvalue weighted by atomic mass is 10.2. The number of hydrogen-bond donors (Lipinski definition) is 1. The van der Waals surface area contributed by atoms with Crippen LogP contribution in [-0.4, -0.2) is 50.3 Å². The molecule has 0 aromatic heterocycles. The van der Waals surface area contributed by atoms with E-state index in [1.165, 1.54) is 5.69 Å². The van der Waals surface area contributed by atoms with Gasteiger partial charge in [0.25, 0.3) is 0 Å². The van der Waals surface area contributed by atoms with Gasteiger partial charge < -0.3 is 19.7 Å². The second-order valence-corrected chi connectivity index (χ2v) is 6.79. The molecule has 0 spiro atoms. The number of carbonyl (C=O) groups is 1. The molecule has 0 unspecified atom stereocenters. The second kappa shape index (κ2) is 7.43. The molecule has 1 amide bonds. The lowest BCUT2D eigenvalue weighted by molar-refractivity contribution is -0.117. The van der Waals surface area contributed by atoms with Crippen LogP contribution in [-0.2, 0) is 4.79 Å². The van der Waals surface area contributed by atoms with Crippen molar-refractivity contribution in [1.29, 1.82) is 0 Å². The summed E-state index contributed by atoms with van der Waals surface area (Å²) in [4.78, 5) is 16.8. The molecule has 1 saturated heterocycles. The maximum absolute atomic E-state index is 12.3. The first kappa shape index (κ1) is 17.0. The van der Waals surface area contributed by atoms with E-state index in [0.717, 1.165) is 36.9 Å². The van der Waals surface area contributed by atoms with Gasteiger partial charge in [0.15, 0.2) is 11.5 Å². The largest absolute Gasteiger partial charge is 0.454 e. The number of piperazine rings is 1. The van der Waals surface area contributed by atoms with Crippen molar-refractivity contribution in [3.63, 3.8) is 0 Å². The topological polar surface area (TPSA) is 54.0 Å². The van der Waals surface area contributed by atoms with Gasteiger partial charge in [-0.3, -0.25) is 9.69 Å². The van der Waals surface area contributed by atoms with Crippen LogP contribution in [0.15, 0.2) is 42.5 Å². The van der Waals surface area contributed by atoms with Gasteiger partial charge in [0, 0.05) is 48.6 Å². The Morgan fingerprint density at radius 3 is 2.50 bits per heavy atom. The van der Waals surface area contributed by atoms with E-state index < -0.39 is 0 Å². The normalized spacial score (nSPS) is 16.6. The van der Waals surface area contributed by atoms with Crippen molar-refractivity contribution in [2.45, 2.75) is 0 Å². The summed E-state index contributed by atoms with van der Waals surface area (Å²) in [6.07, 6.45) is 0. The van der Waals surface area contributed by atoms with Crippen molar-refractivity contribution >= 4 is 28.9 Å². The molecular weight excluding hydrogens is 354 g/mol. The van der Waals surface area contributed by atoms with Crippen molar-refractivity contribution in [3.8, 4) is 11.5 Å². The van der Waals surface area contributed by atoms with Gasteiger partial charge in [0.1, 0.15) is 0 Å². The average Bonchev–Trinajstić information content (AvgIpc) is 3.11. The smallest absolute Gasteiger partial charge is 0.238 e. The van der Waals surface area contributed by atoms with Crippen LogP contribution < -0.4 is 19.7 Å². The second-order valence-electron chi connectivity index (χ2n) is 6.36. The quantitative estimate of drug-likeness (QED) is 0.893. The van der Waals surface area contributed by atoms with E-state index in [2.05, 4.69) is 15.1 Å². The predicted molar refractivity (Wildman–Crippen MR) is 101 cm³/mol. The van der Waals surface area contributed by atoms with Crippen LogP contribution in [0.25, 0.3) is 0 Å². The van der Waals surface area contributed by atoms with Gasteiger partial charge >= 0.3 is 0 Å². The fraction of sp³-hybridized carbons (Fsp3) is 0.316. The summed E-state index contributed by atoms with van der Waals surface area (Å²) < 4.78 is 10.6. The molecule has 0 bridgehead atoms. The molecule has 26 heavy (non-hydrogen) atoms. The van der Waals surface area contributed by atoms with Crippen LogP contribution >= 0.6 is 11.6 Å². The highest BCUT2D eigenvalue weighted by atomic mass is 35.5. The third kappa shape index (κ3) is 3.86. The number of benzene rings is 2.